The minimum absolute atomic E-state index is 0.0870. The Hall–Kier alpha value is -2.83. The molecule has 0 saturated heterocycles. The average molecular weight is 442 g/mol. The van der Waals surface area contributed by atoms with Gasteiger partial charge in [-0.2, -0.15) is 0 Å². The number of hydrogen-bond acceptors (Lipinski definition) is 5. The maximum absolute atomic E-state index is 12.5. The van der Waals surface area contributed by atoms with Crippen molar-refractivity contribution in [3.05, 3.63) is 41.9 Å². The molecule has 0 unspecified atom stereocenters. The van der Waals surface area contributed by atoms with Gasteiger partial charge in [0.05, 0.1) is 11.7 Å². The number of aryl methyl sites for hydroxylation is 2. The molecular weight excluding hydrogens is 406 g/mol. The third kappa shape index (κ3) is 7.11. The maximum Gasteiger partial charge on any atom is 0.408 e. The van der Waals surface area contributed by atoms with Crippen molar-refractivity contribution in [2.24, 2.45) is 0 Å². The molecule has 1 heterocycles. The van der Waals surface area contributed by atoms with Crippen molar-refractivity contribution in [2.45, 2.75) is 83.8 Å². The SMILES string of the molecule is Cc1ccc(-c2cnc(CCC(=O)NCC3(NC(=O)OC(C)(C)C)CCCCC3)o2)cc1. The van der Waals surface area contributed by atoms with Crippen LogP contribution in [0, 0.1) is 6.92 Å². The summed E-state index contributed by atoms with van der Waals surface area (Å²) >= 11 is 0. The number of carbonyl (C=O) groups is 2. The molecule has 0 radical (unpaired) electrons. The summed E-state index contributed by atoms with van der Waals surface area (Å²) in [4.78, 5) is 29.2. The molecule has 2 aromatic rings. The van der Waals surface area contributed by atoms with Gasteiger partial charge in [-0.05, 0) is 40.5 Å². The molecule has 1 aliphatic carbocycles. The first-order valence-electron chi connectivity index (χ1n) is 11.4. The molecule has 1 aromatic heterocycles. The van der Waals surface area contributed by atoms with Crippen molar-refractivity contribution in [2.75, 3.05) is 6.54 Å². The molecule has 1 fully saturated rings. The fraction of sp³-hybridized carbons (Fsp3) is 0.560. The van der Waals surface area contributed by atoms with Gasteiger partial charge in [-0.1, -0.05) is 49.1 Å². The maximum atomic E-state index is 12.5. The van der Waals surface area contributed by atoms with Gasteiger partial charge < -0.3 is 19.8 Å². The number of hydrogen-bond donors (Lipinski definition) is 2. The third-order valence-electron chi connectivity index (χ3n) is 5.66. The molecule has 7 heteroatoms. The van der Waals surface area contributed by atoms with Crippen molar-refractivity contribution in [1.82, 2.24) is 15.6 Å². The van der Waals surface area contributed by atoms with E-state index in [9.17, 15) is 9.59 Å². The lowest BCUT2D eigenvalue weighted by Gasteiger charge is -2.38. The number of carbonyl (C=O) groups excluding carboxylic acids is 2. The predicted octanol–water partition coefficient (Wildman–Crippen LogP) is 4.93. The van der Waals surface area contributed by atoms with Gasteiger partial charge in [0, 0.05) is 24.9 Å². The molecule has 2 amide bonds. The predicted molar refractivity (Wildman–Crippen MR) is 123 cm³/mol. The van der Waals surface area contributed by atoms with E-state index in [1.807, 2.05) is 52.0 Å². The third-order valence-corrected chi connectivity index (χ3v) is 5.66. The van der Waals surface area contributed by atoms with Crippen LogP contribution in [0.1, 0.15) is 70.8 Å². The molecule has 7 nitrogen and oxygen atoms in total. The second-order valence-electron chi connectivity index (χ2n) is 9.73. The van der Waals surface area contributed by atoms with Crippen LogP contribution in [0.2, 0.25) is 0 Å². The fourth-order valence-corrected chi connectivity index (χ4v) is 3.95. The fourth-order valence-electron chi connectivity index (χ4n) is 3.95. The highest BCUT2D eigenvalue weighted by Gasteiger charge is 2.35. The Labute approximate surface area is 190 Å². The van der Waals surface area contributed by atoms with Crippen molar-refractivity contribution in [3.8, 4) is 11.3 Å². The molecule has 174 valence electrons. The number of oxazole rings is 1. The summed E-state index contributed by atoms with van der Waals surface area (Å²) in [5, 5.41) is 6.03. The minimum Gasteiger partial charge on any atom is -0.444 e. The number of ether oxygens (including phenoxy) is 1. The van der Waals surface area contributed by atoms with E-state index in [2.05, 4.69) is 15.6 Å². The number of benzene rings is 1. The second-order valence-corrected chi connectivity index (χ2v) is 9.73. The van der Waals surface area contributed by atoms with E-state index >= 15 is 0 Å². The molecule has 1 aliphatic rings. The molecule has 1 saturated carbocycles. The summed E-state index contributed by atoms with van der Waals surface area (Å²) in [7, 11) is 0. The van der Waals surface area contributed by atoms with Crippen molar-refractivity contribution >= 4 is 12.0 Å². The summed E-state index contributed by atoms with van der Waals surface area (Å²) in [6.45, 7) is 7.96. The zero-order valence-electron chi connectivity index (χ0n) is 19.6. The molecule has 0 bridgehead atoms. The lowest BCUT2D eigenvalue weighted by atomic mass is 9.81. The normalized spacial score (nSPS) is 15.8. The largest absolute Gasteiger partial charge is 0.444 e. The van der Waals surface area contributed by atoms with E-state index in [1.54, 1.807) is 6.20 Å². The first-order valence-corrected chi connectivity index (χ1v) is 11.4. The highest BCUT2D eigenvalue weighted by atomic mass is 16.6. The number of amides is 2. The van der Waals surface area contributed by atoms with Gasteiger partial charge in [-0.3, -0.25) is 4.79 Å². The van der Waals surface area contributed by atoms with Gasteiger partial charge in [-0.25, -0.2) is 9.78 Å². The highest BCUT2D eigenvalue weighted by Crippen LogP contribution is 2.28. The number of nitrogens with zero attached hydrogens (tertiary/aromatic N) is 1. The van der Waals surface area contributed by atoms with E-state index in [1.165, 1.54) is 5.56 Å². The van der Waals surface area contributed by atoms with Crippen LogP contribution >= 0.6 is 0 Å². The topological polar surface area (TPSA) is 93.5 Å². The number of alkyl carbamates (subject to hydrolysis) is 1. The second kappa shape index (κ2) is 10.2. The van der Waals surface area contributed by atoms with E-state index < -0.39 is 17.2 Å². The Balaban J connectivity index is 1.51. The van der Waals surface area contributed by atoms with E-state index in [-0.39, 0.29) is 12.3 Å². The lowest BCUT2D eigenvalue weighted by molar-refractivity contribution is -0.121. The van der Waals surface area contributed by atoms with Crippen LogP contribution in [0.5, 0.6) is 0 Å². The molecule has 3 rings (SSSR count). The Morgan fingerprint density at radius 1 is 1.12 bits per heavy atom. The number of rotatable bonds is 7. The van der Waals surface area contributed by atoms with Crippen molar-refractivity contribution in [1.29, 1.82) is 0 Å². The van der Waals surface area contributed by atoms with E-state index in [0.29, 0.717) is 24.6 Å². The van der Waals surface area contributed by atoms with Crippen LogP contribution in [0.25, 0.3) is 11.3 Å². The van der Waals surface area contributed by atoms with Gasteiger partial charge in [0.2, 0.25) is 5.91 Å². The van der Waals surface area contributed by atoms with Gasteiger partial charge in [0.25, 0.3) is 0 Å². The minimum atomic E-state index is -0.559. The van der Waals surface area contributed by atoms with Crippen LogP contribution in [-0.4, -0.2) is 34.7 Å². The summed E-state index contributed by atoms with van der Waals surface area (Å²) in [6, 6.07) is 8.04. The summed E-state index contributed by atoms with van der Waals surface area (Å²) < 4.78 is 11.2. The molecule has 32 heavy (non-hydrogen) atoms. The van der Waals surface area contributed by atoms with Gasteiger partial charge in [0.15, 0.2) is 11.7 Å². The van der Waals surface area contributed by atoms with E-state index in [4.69, 9.17) is 9.15 Å². The molecule has 0 spiro atoms. The Morgan fingerprint density at radius 2 is 1.81 bits per heavy atom. The van der Waals surface area contributed by atoms with Crippen molar-refractivity contribution < 1.29 is 18.7 Å². The lowest BCUT2D eigenvalue weighted by Crippen LogP contribution is -2.57. The van der Waals surface area contributed by atoms with Crippen molar-refractivity contribution in [3.63, 3.8) is 0 Å². The Bertz CT molecular complexity index is 906. The van der Waals surface area contributed by atoms with Gasteiger partial charge in [0.1, 0.15) is 5.60 Å². The Kier molecular flexibility index (Phi) is 7.59. The summed E-state index contributed by atoms with van der Waals surface area (Å²) in [6.07, 6.45) is 6.78. The number of nitrogens with one attached hydrogen (secondary N) is 2. The van der Waals surface area contributed by atoms with Crippen LogP contribution in [0.15, 0.2) is 34.9 Å². The van der Waals surface area contributed by atoms with Gasteiger partial charge in [-0.15, -0.1) is 0 Å². The molecule has 0 atom stereocenters. The molecule has 0 aliphatic heterocycles. The average Bonchev–Trinajstić information content (AvgIpc) is 3.19. The molecular formula is C25H35N3O4. The zero-order valence-corrected chi connectivity index (χ0v) is 19.6. The van der Waals surface area contributed by atoms with Crippen LogP contribution in [0.4, 0.5) is 4.79 Å². The van der Waals surface area contributed by atoms with Crippen LogP contribution in [0.3, 0.4) is 0 Å². The summed E-state index contributed by atoms with van der Waals surface area (Å²) in [5.41, 5.74) is 1.13. The quantitative estimate of drug-likeness (QED) is 0.636. The standard InChI is InChI=1S/C25H35N3O4/c1-18-8-10-19(11-9-18)20-16-26-22(31-20)13-12-21(29)27-17-25(14-6-5-7-15-25)28-23(30)32-24(2,3)4/h8-11,16H,5-7,12-15,17H2,1-4H3,(H,27,29)(H,28,30). The molecule has 2 N–H and O–H groups in total. The first kappa shape index (κ1) is 23.8. The van der Waals surface area contributed by atoms with Crippen LogP contribution < -0.4 is 10.6 Å². The number of aromatic nitrogens is 1. The summed E-state index contributed by atoms with van der Waals surface area (Å²) in [5.74, 6) is 1.15. The smallest absolute Gasteiger partial charge is 0.408 e. The first-order chi connectivity index (χ1) is 15.1. The van der Waals surface area contributed by atoms with Gasteiger partial charge >= 0.3 is 6.09 Å². The monoisotopic (exact) mass is 441 g/mol. The molecule has 1 aromatic carbocycles. The van der Waals surface area contributed by atoms with E-state index in [0.717, 1.165) is 37.7 Å². The van der Waals surface area contributed by atoms with Crippen LogP contribution in [-0.2, 0) is 16.0 Å². The highest BCUT2D eigenvalue weighted by molar-refractivity contribution is 5.76. The zero-order chi connectivity index (χ0) is 23.2. The Morgan fingerprint density at radius 3 is 2.47 bits per heavy atom.